The number of carbonyl (C=O) groups excluding carboxylic acids is 1. The average Bonchev–Trinajstić information content (AvgIpc) is 2.71. The lowest BCUT2D eigenvalue weighted by Crippen LogP contribution is -2.51. The first-order valence-electron chi connectivity index (χ1n) is 9.20. The van der Waals surface area contributed by atoms with Crippen molar-refractivity contribution < 1.29 is 17.9 Å². The first kappa shape index (κ1) is 21.6. The Kier molecular flexibility index (Phi) is 6.48. The van der Waals surface area contributed by atoms with Crippen LogP contribution in [0.15, 0.2) is 48.5 Å². The van der Waals surface area contributed by atoms with E-state index in [2.05, 4.69) is 5.32 Å². The van der Waals surface area contributed by atoms with Gasteiger partial charge in [-0.25, -0.2) is 5.14 Å². The van der Waals surface area contributed by atoms with Gasteiger partial charge in [0.2, 0.25) is 0 Å². The SMILES string of the molecule is COc1ccccc1C(=O)NCC1(c2cccc(Cl)c2)CCN(S(N)(=O)=O)CC1. The molecule has 1 fully saturated rings. The van der Waals surface area contributed by atoms with E-state index in [9.17, 15) is 13.2 Å². The Labute approximate surface area is 176 Å². The molecule has 1 saturated heterocycles. The second-order valence-corrected chi connectivity index (χ2v) is 9.10. The summed E-state index contributed by atoms with van der Waals surface area (Å²) in [5.41, 5.74) is 0.946. The van der Waals surface area contributed by atoms with Crippen molar-refractivity contribution in [2.75, 3.05) is 26.7 Å². The van der Waals surface area contributed by atoms with E-state index in [-0.39, 0.29) is 19.0 Å². The first-order valence-corrected chi connectivity index (χ1v) is 11.1. The van der Waals surface area contributed by atoms with Gasteiger partial charge in [0.1, 0.15) is 5.75 Å². The largest absolute Gasteiger partial charge is 0.496 e. The van der Waals surface area contributed by atoms with Crippen LogP contribution in [0, 0.1) is 0 Å². The number of rotatable bonds is 6. The predicted molar refractivity (Wildman–Crippen MR) is 112 cm³/mol. The summed E-state index contributed by atoms with van der Waals surface area (Å²) in [6, 6.07) is 14.5. The summed E-state index contributed by atoms with van der Waals surface area (Å²) >= 11 is 6.20. The zero-order valence-corrected chi connectivity index (χ0v) is 17.7. The molecular weight excluding hydrogens is 414 g/mol. The van der Waals surface area contributed by atoms with Crippen LogP contribution in [0.25, 0.3) is 0 Å². The van der Waals surface area contributed by atoms with Crippen molar-refractivity contribution in [1.82, 2.24) is 9.62 Å². The minimum atomic E-state index is -3.75. The maximum atomic E-state index is 12.8. The van der Waals surface area contributed by atoms with Crippen LogP contribution in [0.1, 0.15) is 28.8 Å². The summed E-state index contributed by atoms with van der Waals surface area (Å²) < 4.78 is 29.9. The topological polar surface area (TPSA) is 102 Å². The molecule has 0 atom stereocenters. The number of nitrogens with zero attached hydrogens (tertiary/aromatic N) is 1. The Morgan fingerprint density at radius 3 is 2.52 bits per heavy atom. The van der Waals surface area contributed by atoms with Gasteiger partial charge in [0.15, 0.2) is 0 Å². The Hall–Kier alpha value is -2.13. The quantitative estimate of drug-likeness (QED) is 0.723. The van der Waals surface area contributed by atoms with E-state index in [0.29, 0.717) is 35.7 Å². The van der Waals surface area contributed by atoms with Crippen LogP contribution in [0.3, 0.4) is 0 Å². The molecule has 3 N–H and O–H groups in total. The lowest BCUT2D eigenvalue weighted by molar-refractivity contribution is 0.0930. The van der Waals surface area contributed by atoms with Crippen LogP contribution in [-0.4, -0.2) is 45.4 Å². The van der Waals surface area contributed by atoms with Crippen LogP contribution in [0.5, 0.6) is 5.75 Å². The number of ether oxygens (including phenoxy) is 1. The lowest BCUT2D eigenvalue weighted by Gasteiger charge is -2.41. The van der Waals surface area contributed by atoms with E-state index in [0.717, 1.165) is 5.56 Å². The number of halogens is 1. The second-order valence-electron chi connectivity index (χ2n) is 7.12. The highest BCUT2D eigenvalue weighted by molar-refractivity contribution is 7.86. The zero-order valence-electron chi connectivity index (χ0n) is 16.1. The highest BCUT2D eigenvalue weighted by Crippen LogP contribution is 2.36. The third-order valence-corrected chi connectivity index (χ3v) is 6.74. The molecule has 0 bridgehead atoms. The molecule has 1 amide bonds. The molecule has 2 aromatic carbocycles. The Morgan fingerprint density at radius 2 is 1.90 bits per heavy atom. The molecule has 0 saturated carbocycles. The van der Waals surface area contributed by atoms with E-state index >= 15 is 0 Å². The predicted octanol–water partition coefficient (Wildman–Crippen LogP) is 2.32. The van der Waals surface area contributed by atoms with Crippen LogP contribution in [-0.2, 0) is 15.6 Å². The van der Waals surface area contributed by atoms with Crippen molar-refractivity contribution in [2.45, 2.75) is 18.3 Å². The van der Waals surface area contributed by atoms with E-state index in [1.165, 1.54) is 11.4 Å². The molecule has 1 heterocycles. The molecule has 29 heavy (non-hydrogen) atoms. The van der Waals surface area contributed by atoms with E-state index in [4.69, 9.17) is 21.5 Å². The number of para-hydroxylation sites is 1. The molecule has 156 valence electrons. The number of hydrogen-bond acceptors (Lipinski definition) is 4. The van der Waals surface area contributed by atoms with Crippen molar-refractivity contribution >= 4 is 27.7 Å². The molecule has 0 aromatic heterocycles. The van der Waals surface area contributed by atoms with E-state index < -0.39 is 15.6 Å². The summed E-state index contributed by atoms with van der Waals surface area (Å²) in [6.45, 7) is 0.883. The smallest absolute Gasteiger partial charge is 0.276 e. The van der Waals surface area contributed by atoms with Crippen molar-refractivity contribution in [3.05, 3.63) is 64.7 Å². The molecule has 0 spiro atoms. The van der Waals surface area contributed by atoms with Gasteiger partial charge in [0, 0.05) is 30.1 Å². The van der Waals surface area contributed by atoms with Crippen molar-refractivity contribution in [1.29, 1.82) is 0 Å². The molecule has 3 rings (SSSR count). The maximum absolute atomic E-state index is 12.8. The highest BCUT2D eigenvalue weighted by Gasteiger charge is 2.39. The summed E-state index contributed by atoms with van der Waals surface area (Å²) in [5.74, 6) is 0.239. The molecule has 9 heteroatoms. The lowest BCUT2D eigenvalue weighted by atomic mass is 9.73. The average molecular weight is 438 g/mol. The number of amides is 1. The molecule has 0 unspecified atom stereocenters. The number of benzene rings is 2. The van der Waals surface area contributed by atoms with Gasteiger partial charge in [-0.1, -0.05) is 35.9 Å². The number of methoxy groups -OCH3 is 1. The van der Waals surface area contributed by atoms with Gasteiger partial charge >= 0.3 is 0 Å². The van der Waals surface area contributed by atoms with Gasteiger partial charge in [-0.05, 0) is 42.7 Å². The van der Waals surface area contributed by atoms with E-state index in [1.807, 2.05) is 18.2 Å². The number of nitrogens with two attached hydrogens (primary N) is 1. The van der Waals surface area contributed by atoms with Crippen molar-refractivity contribution in [3.8, 4) is 5.75 Å². The van der Waals surface area contributed by atoms with Gasteiger partial charge in [0.05, 0.1) is 12.7 Å². The number of hydrogen-bond donors (Lipinski definition) is 2. The third-order valence-electron chi connectivity index (χ3n) is 5.42. The molecule has 0 radical (unpaired) electrons. The monoisotopic (exact) mass is 437 g/mol. The van der Waals surface area contributed by atoms with Crippen LogP contribution in [0.4, 0.5) is 0 Å². The van der Waals surface area contributed by atoms with Gasteiger partial charge in [-0.2, -0.15) is 12.7 Å². The van der Waals surface area contributed by atoms with Gasteiger partial charge in [-0.15, -0.1) is 0 Å². The molecule has 2 aromatic rings. The zero-order chi connectivity index (χ0) is 21.1. The minimum Gasteiger partial charge on any atom is -0.496 e. The Bertz CT molecular complexity index is 989. The fourth-order valence-electron chi connectivity index (χ4n) is 3.73. The number of nitrogens with one attached hydrogen (secondary N) is 1. The number of piperidine rings is 1. The minimum absolute atomic E-state index is 0.252. The molecular formula is C20H24ClN3O4S. The molecule has 7 nitrogen and oxygen atoms in total. The van der Waals surface area contributed by atoms with Crippen LogP contribution in [0.2, 0.25) is 5.02 Å². The summed E-state index contributed by atoms with van der Waals surface area (Å²) in [6.07, 6.45) is 1.02. The molecule has 1 aliphatic rings. The second kappa shape index (κ2) is 8.71. The number of carbonyl (C=O) groups is 1. The fourth-order valence-corrected chi connectivity index (χ4v) is 4.61. The van der Waals surface area contributed by atoms with Crippen LogP contribution >= 0.6 is 11.6 Å². The van der Waals surface area contributed by atoms with Crippen molar-refractivity contribution in [2.24, 2.45) is 5.14 Å². The van der Waals surface area contributed by atoms with Gasteiger partial charge in [0.25, 0.3) is 16.1 Å². The van der Waals surface area contributed by atoms with Gasteiger partial charge in [-0.3, -0.25) is 4.79 Å². The van der Waals surface area contributed by atoms with E-state index in [1.54, 1.807) is 30.3 Å². The standard InChI is InChI=1S/C20H24ClN3O4S/c1-28-18-8-3-2-7-17(18)19(25)23-14-20(15-5-4-6-16(21)13-15)9-11-24(12-10-20)29(22,26)27/h2-8,13H,9-12,14H2,1H3,(H,23,25)(H2,22,26,27). The summed E-state index contributed by atoms with van der Waals surface area (Å²) in [5, 5.41) is 8.87. The fraction of sp³-hybridized carbons (Fsp3) is 0.350. The molecule has 1 aliphatic heterocycles. The Morgan fingerprint density at radius 1 is 1.21 bits per heavy atom. The summed E-state index contributed by atoms with van der Waals surface area (Å²) in [4.78, 5) is 12.8. The maximum Gasteiger partial charge on any atom is 0.276 e. The normalized spacial score (nSPS) is 16.9. The molecule has 0 aliphatic carbocycles. The highest BCUT2D eigenvalue weighted by atomic mass is 35.5. The Balaban J connectivity index is 1.84. The van der Waals surface area contributed by atoms with Gasteiger partial charge < -0.3 is 10.1 Å². The third kappa shape index (κ3) is 4.90. The summed E-state index contributed by atoms with van der Waals surface area (Å²) in [7, 11) is -2.23. The van der Waals surface area contributed by atoms with Crippen molar-refractivity contribution in [3.63, 3.8) is 0 Å². The van der Waals surface area contributed by atoms with Crippen LogP contribution < -0.4 is 15.2 Å². The first-order chi connectivity index (χ1) is 13.7.